The van der Waals surface area contributed by atoms with Gasteiger partial charge >= 0.3 is 0 Å². The standard InChI is InChI=1S/C10H18N4O/c1-7(2)5-9-12-10(14-13-9)8-6-15-4-3-11-8/h7-8,11H,3-6H2,1-2H3,(H,12,13,14). The second-order valence-electron chi connectivity index (χ2n) is 4.32. The highest BCUT2D eigenvalue weighted by atomic mass is 16.5. The number of nitrogens with zero attached hydrogens (tertiary/aromatic N) is 2. The second kappa shape index (κ2) is 4.72. The molecule has 0 aliphatic carbocycles. The summed E-state index contributed by atoms with van der Waals surface area (Å²) in [6, 6.07) is 0.149. The largest absolute Gasteiger partial charge is 0.378 e. The van der Waals surface area contributed by atoms with Gasteiger partial charge in [-0.3, -0.25) is 5.10 Å². The van der Waals surface area contributed by atoms with Crippen LogP contribution in [0.15, 0.2) is 0 Å². The van der Waals surface area contributed by atoms with Gasteiger partial charge in [0, 0.05) is 13.0 Å². The van der Waals surface area contributed by atoms with E-state index in [-0.39, 0.29) is 6.04 Å². The molecule has 2 N–H and O–H groups in total. The van der Waals surface area contributed by atoms with Crippen molar-refractivity contribution in [1.82, 2.24) is 20.5 Å². The maximum atomic E-state index is 5.37. The summed E-state index contributed by atoms with van der Waals surface area (Å²) in [5, 5.41) is 10.5. The van der Waals surface area contributed by atoms with Gasteiger partial charge in [0.1, 0.15) is 5.82 Å². The Labute approximate surface area is 89.6 Å². The number of aromatic amines is 1. The van der Waals surface area contributed by atoms with Crippen LogP contribution in [0, 0.1) is 5.92 Å². The van der Waals surface area contributed by atoms with Crippen LogP contribution in [0.2, 0.25) is 0 Å². The minimum atomic E-state index is 0.149. The Hall–Kier alpha value is -0.940. The van der Waals surface area contributed by atoms with Gasteiger partial charge in [-0.15, -0.1) is 0 Å². The van der Waals surface area contributed by atoms with Crippen LogP contribution >= 0.6 is 0 Å². The Morgan fingerprint density at radius 1 is 1.53 bits per heavy atom. The van der Waals surface area contributed by atoms with Crippen molar-refractivity contribution in [2.45, 2.75) is 26.3 Å². The summed E-state index contributed by atoms with van der Waals surface area (Å²) >= 11 is 0. The van der Waals surface area contributed by atoms with Gasteiger partial charge in [-0.2, -0.15) is 5.10 Å². The second-order valence-corrected chi connectivity index (χ2v) is 4.32. The Bertz CT molecular complexity index is 304. The van der Waals surface area contributed by atoms with Gasteiger partial charge < -0.3 is 10.1 Å². The first kappa shape index (κ1) is 10.6. The summed E-state index contributed by atoms with van der Waals surface area (Å²) in [4.78, 5) is 4.46. The summed E-state index contributed by atoms with van der Waals surface area (Å²) in [5.41, 5.74) is 0. The predicted molar refractivity (Wildman–Crippen MR) is 56.5 cm³/mol. The first-order chi connectivity index (χ1) is 7.25. The number of aromatic nitrogens is 3. The van der Waals surface area contributed by atoms with Crippen LogP contribution in [-0.2, 0) is 11.2 Å². The van der Waals surface area contributed by atoms with E-state index < -0.39 is 0 Å². The number of hydrogen-bond donors (Lipinski definition) is 2. The fraction of sp³-hybridized carbons (Fsp3) is 0.800. The lowest BCUT2D eigenvalue weighted by Gasteiger charge is -2.20. The minimum Gasteiger partial charge on any atom is -0.378 e. The zero-order valence-electron chi connectivity index (χ0n) is 9.29. The highest BCUT2D eigenvalue weighted by Gasteiger charge is 2.19. The number of morpholine rings is 1. The van der Waals surface area contributed by atoms with Crippen LogP contribution in [0.3, 0.4) is 0 Å². The monoisotopic (exact) mass is 210 g/mol. The van der Waals surface area contributed by atoms with Gasteiger partial charge in [0.15, 0.2) is 5.82 Å². The Balaban J connectivity index is 1.99. The fourth-order valence-electron chi connectivity index (χ4n) is 1.68. The average molecular weight is 210 g/mol. The van der Waals surface area contributed by atoms with Crippen LogP contribution in [0.25, 0.3) is 0 Å². The van der Waals surface area contributed by atoms with Gasteiger partial charge in [-0.25, -0.2) is 4.98 Å². The zero-order chi connectivity index (χ0) is 10.7. The third-order valence-corrected chi connectivity index (χ3v) is 2.38. The number of rotatable bonds is 3. The van der Waals surface area contributed by atoms with E-state index in [9.17, 15) is 0 Å². The molecule has 1 aromatic heterocycles. The predicted octanol–water partition coefficient (Wildman–Crippen LogP) is 0.664. The molecule has 1 aliphatic heterocycles. The Morgan fingerprint density at radius 3 is 3.07 bits per heavy atom. The van der Waals surface area contributed by atoms with Crippen molar-refractivity contribution in [1.29, 1.82) is 0 Å². The summed E-state index contributed by atoms with van der Waals surface area (Å²) in [6.45, 7) is 6.66. The molecule has 1 atom stereocenters. The molecule has 0 spiro atoms. The minimum absolute atomic E-state index is 0.149. The molecule has 5 nitrogen and oxygen atoms in total. The van der Waals surface area contributed by atoms with Crippen molar-refractivity contribution in [2.24, 2.45) is 5.92 Å². The van der Waals surface area contributed by atoms with Crippen molar-refractivity contribution in [3.8, 4) is 0 Å². The molecule has 0 bridgehead atoms. The molecule has 15 heavy (non-hydrogen) atoms. The Morgan fingerprint density at radius 2 is 2.40 bits per heavy atom. The molecule has 2 heterocycles. The highest BCUT2D eigenvalue weighted by molar-refractivity contribution is 4.98. The van der Waals surface area contributed by atoms with Crippen molar-refractivity contribution in [2.75, 3.05) is 19.8 Å². The maximum absolute atomic E-state index is 5.37. The van der Waals surface area contributed by atoms with Crippen molar-refractivity contribution in [3.05, 3.63) is 11.6 Å². The van der Waals surface area contributed by atoms with Crippen LogP contribution < -0.4 is 5.32 Å². The molecule has 1 aliphatic rings. The molecular weight excluding hydrogens is 192 g/mol. The van der Waals surface area contributed by atoms with E-state index in [1.807, 2.05) is 0 Å². The van der Waals surface area contributed by atoms with Crippen molar-refractivity contribution >= 4 is 0 Å². The zero-order valence-corrected chi connectivity index (χ0v) is 9.29. The van der Waals surface area contributed by atoms with Crippen LogP contribution in [-0.4, -0.2) is 34.9 Å². The quantitative estimate of drug-likeness (QED) is 0.769. The first-order valence-corrected chi connectivity index (χ1v) is 5.48. The van der Waals surface area contributed by atoms with E-state index in [1.54, 1.807) is 0 Å². The third-order valence-electron chi connectivity index (χ3n) is 2.38. The molecule has 1 saturated heterocycles. The maximum Gasteiger partial charge on any atom is 0.169 e. The van der Waals surface area contributed by atoms with Gasteiger partial charge in [-0.05, 0) is 5.92 Å². The SMILES string of the molecule is CC(C)Cc1nc(C2COCCN2)n[nH]1. The van der Waals surface area contributed by atoms with E-state index in [2.05, 4.69) is 34.3 Å². The molecule has 2 rings (SSSR count). The summed E-state index contributed by atoms with van der Waals surface area (Å²) in [7, 11) is 0. The molecule has 0 radical (unpaired) electrons. The number of H-pyrrole nitrogens is 1. The van der Waals surface area contributed by atoms with Crippen molar-refractivity contribution in [3.63, 3.8) is 0 Å². The van der Waals surface area contributed by atoms with Gasteiger partial charge in [0.25, 0.3) is 0 Å². The lowest BCUT2D eigenvalue weighted by Crippen LogP contribution is -2.35. The van der Waals surface area contributed by atoms with Gasteiger partial charge in [-0.1, -0.05) is 13.8 Å². The van der Waals surface area contributed by atoms with E-state index >= 15 is 0 Å². The van der Waals surface area contributed by atoms with Crippen LogP contribution in [0.1, 0.15) is 31.5 Å². The Kier molecular flexibility index (Phi) is 3.33. The van der Waals surface area contributed by atoms with E-state index in [0.29, 0.717) is 12.5 Å². The molecular formula is C10H18N4O. The van der Waals surface area contributed by atoms with Gasteiger partial charge in [0.2, 0.25) is 0 Å². The van der Waals surface area contributed by atoms with E-state index in [1.165, 1.54) is 0 Å². The highest BCUT2D eigenvalue weighted by Crippen LogP contribution is 2.12. The van der Waals surface area contributed by atoms with E-state index in [4.69, 9.17) is 4.74 Å². The molecule has 1 aromatic rings. The molecule has 0 amide bonds. The molecule has 1 unspecified atom stereocenters. The van der Waals surface area contributed by atoms with Gasteiger partial charge in [0.05, 0.1) is 19.3 Å². The fourth-order valence-corrected chi connectivity index (χ4v) is 1.68. The smallest absolute Gasteiger partial charge is 0.169 e. The average Bonchev–Trinajstić information content (AvgIpc) is 2.67. The third kappa shape index (κ3) is 2.76. The van der Waals surface area contributed by atoms with Crippen molar-refractivity contribution < 1.29 is 4.74 Å². The number of ether oxygens (including phenoxy) is 1. The summed E-state index contributed by atoms with van der Waals surface area (Å²) < 4.78 is 5.37. The number of hydrogen-bond acceptors (Lipinski definition) is 4. The molecule has 84 valence electrons. The summed E-state index contributed by atoms with van der Waals surface area (Å²) in [5.74, 6) is 2.39. The lowest BCUT2D eigenvalue weighted by molar-refractivity contribution is 0.0743. The normalized spacial score (nSPS) is 22.2. The molecule has 0 saturated carbocycles. The molecule has 1 fully saturated rings. The number of nitrogens with one attached hydrogen (secondary N) is 2. The first-order valence-electron chi connectivity index (χ1n) is 5.48. The van der Waals surface area contributed by atoms with E-state index in [0.717, 1.165) is 31.2 Å². The van der Waals surface area contributed by atoms with Crippen LogP contribution in [0.4, 0.5) is 0 Å². The summed E-state index contributed by atoms with van der Waals surface area (Å²) in [6.07, 6.45) is 0.945. The van der Waals surface area contributed by atoms with Crippen LogP contribution in [0.5, 0.6) is 0 Å². The topological polar surface area (TPSA) is 62.8 Å². The lowest BCUT2D eigenvalue weighted by atomic mass is 10.1. The molecule has 0 aromatic carbocycles. The molecule has 5 heteroatoms.